The van der Waals surface area contributed by atoms with Crippen molar-refractivity contribution in [2.24, 2.45) is 0 Å². The zero-order valence-electron chi connectivity index (χ0n) is 8.21. The second kappa shape index (κ2) is 3.96. The normalized spacial score (nSPS) is 9.93. The number of hydrogen-bond acceptors (Lipinski definition) is 4. The molecule has 2 heterocycles. The lowest BCUT2D eigenvalue weighted by atomic mass is 10.2. The van der Waals surface area contributed by atoms with Gasteiger partial charge in [0, 0.05) is 23.7 Å². The molecule has 0 aliphatic heterocycles. The van der Waals surface area contributed by atoms with Crippen LogP contribution in [-0.4, -0.2) is 21.2 Å². The highest BCUT2D eigenvalue weighted by Gasteiger charge is 2.03. The summed E-state index contributed by atoms with van der Waals surface area (Å²) in [6.45, 7) is 1.83. The number of aldehydes is 1. The minimum atomic E-state index is 0.203. The molecule has 0 spiro atoms. The molecule has 15 heavy (non-hydrogen) atoms. The molecule has 0 amide bonds. The van der Waals surface area contributed by atoms with E-state index >= 15 is 0 Å². The molecule has 0 bridgehead atoms. The Bertz CT molecular complexity index is 482. The summed E-state index contributed by atoms with van der Waals surface area (Å²) in [7, 11) is 0. The fraction of sp³-hybridized carbons (Fsp3) is 0.0909. The van der Waals surface area contributed by atoms with E-state index in [4.69, 9.17) is 0 Å². The number of pyridine rings is 1. The van der Waals surface area contributed by atoms with Crippen LogP contribution in [0.2, 0.25) is 0 Å². The molecule has 2 aromatic heterocycles. The molecule has 0 aliphatic carbocycles. The van der Waals surface area contributed by atoms with Crippen LogP contribution >= 0.6 is 0 Å². The van der Waals surface area contributed by atoms with Crippen molar-refractivity contribution >= 4 is 6.29 Å². The summed E-state index contributed by atoms with van der Waals surface area (Å²) in [5.41, 5.74) is 2.37. The Morgan fingerprint density at radius 3 is 2.87 bits per heavy atom. The van der Waals surface area contributed by atoms with Crippen molar-refractivity contribution < 1.29 is 4.79 Å². The molecule has 0 saturated carbocycles. The lowest BCUT2D eigenvalue weighted by molar-refractivity contribution is 0.111. The van der Waals surface area contributed by atoms with Crippen molar-refractivity contribution in [2.75, 3.05) is 0 Å². The van der Waals surface area contributed by atoms with Crippen LogP contribution in [0, 0.1) is 6.92 Å². The van der Waals surface area contributed by atoms with E-state index in [1.807, 2.05) is 25.1 Å². The largest absolute Gasteiger partial charge is 0.294 e. The van der Waals surface area contributed by atoms with Gasteiger partial charge in [0.25, 0.3) is 0 Å². The zero-order valence-corrected chi connectivity index (χ0v) is 8.21. The summed E-state index contributed by atoms with van der Waals surface area (Å²) in [4.78, 5) is 22.7. The molecule has 0 fully saturated rings. The Kier molecular flexibility index (Phi) is 2.49. The van der Waals surface area contributed by atoms with Crippen molar-refractivity contribution in [3.63, 3.8) is 0 Å². The SMILES string of the molecule is Cc1cc(-c2cccnc2)nc(C=O)n1. The van der Waals surface area contributed by atoms with Crippen molar-refractivity contribution in [1.29, 1.82) is 0 Å². The van der Waals surface area contributed by atoms with Gasteiger partial charge in [0.15, 0.2) is 12.1 Å². The van der Waals surface area contributed by atoms with E-state index in [-0.39, 0.29) is 5.82 Å². The van der Waals surface area contributed by atoms with Gasteiger partial charge < -0.3 is 0 Å². The van der Waals surface area contributed by atoms with E-state index < -0.39 is 0 Å². The van der Waals surface area contributed by atoms with Gasteiger partial charge in [0.2, 0.25) is 0 Å². The van der Waals surface area contributed by atoms with Crippen molar-refractivity contribution in [3.05, 3.63) is 42.1 Å². The average molecular weight is 199 g/mol. The lowest BCUT2D eigenvalue weighted by Gasteiger charge is -2.01. The maximum absolute atomic E-state index is 10.6. The number of hydrogen-bond donors (Lipinski definition) is 0. The quantitative estimate of drug-likeness (QED) is 0.690. The van der Waals surface area contributed by atoms with Crippen LogP contribution in [0.1, 0.15) is 16.3 Å². The smallest absolute Gasteiger partial charge is 0.193 e. The molecular formula is C11H9N3O. The number of nitrogens with zero attached hydrogens (tertiary/aromatic N) is 3. The molecular weight excluding hydrogens is 190 g/mol. The highest BCUT2D eigenvalue weighted by molar-refractivity contribution is 5.71. The third kappa shape index (κ3) is 2.04. The number of carbonyl (C=O) groups excluding carboxylic acids is 1. The summed E-state index contributed by atoms with van der Waals surface area (Å²) in [6, 6.07) is 5.54. The van der Waals surface area contributed by atoms with E-state index in [1.165, 1.54) is 0 Å². The zero-order chi connectivity index (χ0) is 10.7. The Morgan fingerprint density at radius 1 is 1.33 bits per heavy atom. The number of aryl methyl sites for hydroxylation is 1. The molecule has 0 N–H and O–H groups in total. The molecule has 2 rings (SSSR count). The van der Waals surface area contributed by atoms with E-state index in [9.17, 15) is 4.79 Å². The van der Waals surface area contributed by atoms with Gasteiger partial charge in [-0.3, -0.25) is 9.78 Å². The van der Waals surface area contributed by atoms with Crippen LogP contribution in [0.5, 0.6) is 0 Å². The summed E-state index contributed by atoms with van der Waals surface area (Å²) in [5, 5.41) is 0. The maximum atomic E-state index is 10.6. The second-order valence-electron chi connectivity index (χ2n) is 3.11. The minimum Gasteiger partial charge on any atom is -0.294 e. The Balaban J connectivity index is 2.53. The van der Waals surface area contributed by atoms with Crippen LogP contribution in [0.4, 0.5) is 0 Å². The molecule has 4 heteroatoms. The van der Waals surface area contributed by atoms with E-state index in [0.29, 0.717) is 6.29 Å². The molecule has 4 nitrogen and oxygen atoms in total. The van der Waals surface area contributed by atoms with E-state index in [0.717, 1.165) is 17.0 Å². The molecule has 0 aromatic carbocycles. The van der Waals surface area contributed by atoms with Gasteiger partial charge in [-0.05, 0) is 25.1 Å². The molecule has 0 saturated heterocycles. The van der Waals surface area contributed by atoms with Crippen molar-refractivity contribution in [1.82, 2.24) is 15.0 Å². The molecule has 0 atom stereocenters. The second-order valence-corrected chi connectivity index (χ2v) is 3.11. The first-order valence-corrected chi connectivity index (χ1v) is 4.51. The molecule has 0 unspecified atom stereocenters. The summed E-state index contributed by atoms with van der Waals surface area (Å²) < 4.78 is 0. The predicted octanol–water partition coefficient (Wildman–Crippen LogP) is 1.66. The fourth-order valence-electron chi connectivity index (χ4n) is 1.31. The molecule has 74 valence electrons. The maximum Gasteiger partial charge on any atom is 0.193 e. The summed E-state index contributed by atoms with van der Waals surface area (Å²) in [5.74, 6) is 0.203. The standard InChI is InChI=1S/C11H9N3O/c1-8-5-10(14-11(7-15)13-8)9-3-2-4-12-6-9/h2-7H,1H3. The molecule has 0 radical (unpaired) electrons. The Hall–Kier alpha value is -2.10. The van der Waals surface area contributed by atoms with Crippen LogP contribution in [0.15, 0.2) is 30.6 Å². The van der Waals surface area contributed by atoms with Crippen LogP contribution in [0.3, 0.4) is 0 Å². The van der Waals surface area contributed by atoms with Crippen molar-refractivity contribution in [3.8, 4) is 11.3 Å². The number of carbonyl (C=O) groups is 1. The molecule has 0 aliphatic rings. The van der Waals surface area contributed by atoms with E-state index in [1.54, 1.807) is 12.4 Å². The topological polar surface area (TPSA) is 55.7 Å². The van der Waals surface area contributed by atoms with Crippen molar-refractivity contribution in [2.45, 2.75) is 6.92 Å². The third-order valence-corrected chi connectivity index (χ3v) is 1.93. The first-order valence-electron chi connectivity index (χ1n) is 4.51. The predicted molar refractivity (Wildman–Crippen MR) is 55.4 cm³/mol. The number of rotatable bonds is 2. The van der Waals surface area contributed by atoms with Gasteiger partial charge in [-0.15, -0.1) is 0 Å². The van der Waals surface area contributed by atoms with Crippen LogP contribution in [-0.2, 0) is 0 Å². The van der Waals surface area contributed by atoms with Gasteiger partial charge in [-0.25, -0.2) is 9.97 Å². The average Bonchev–Trinajstić information content (AvgIpc) is 2.29. The van der Waals surface area contributed by atoms with Gasteiger partial charge in [0.05, 0.1) is 5.69 Å². The fourth-order valence-corrected chi connectivity index (χ4v) is 1.31. The lowest BCUT2D eigenvalue weighted by Crippen LogP contribution is -1.97. The van der Waals surface area contributed by atoms with Gasteiger partial charge >= 0.3 is 0 Å². The van der Waals surface area contributed by atoms with Gasteiger partial charge in [-0.2, -0.15) is 0 Å². The summed E-state index contributed by atoms with van der Waals surface area (Å²) >= 11 is 0. The Morgan fingerprint density at radius 2 is 2.20 bits per heavy atom. The first kappa shape index (κ1) is 9.45. The van der Waals surface area contributed by atoms with Crippen LogP contribution in [0.25, 0.3) is 11.3 Å². The highest BCUT2D eigenvalue weighted by Crippen LogP contribution is 2.15. The van der Waals surface area contributed by atoms with Crippen LogP contribution < -0.4 is 0 Å². The molecule has 2 aromatic rings. The first-order chi connectivity index (χ1) is 7.29. The third-order valence-electron chi connectivity index (χ3n) is 1.93. The minimum absolute atomic E-state index is 0.203. The highest BCUT2D eigenvalue weighted by atomic mass is 16.1. The van der Waals surface area contributed by atoms with E-state index in [2.05, 4.69) is 15.0 Å². The Labute approximate surface area is 87.0 Å². The van der Waals surface area contributed by atoms with Gasteiger partial charge in [-0.1, -0.05) is 0 Å². The monoisotopic (exact) mass is 199 g/mol. The number of aromatic nitrogens is 3. The summed E-state index contributed by atoms with van der Waals surface area (Å²) in [6.07, 6.45) is 4.04. The van der Waals surface area contributed by atoms with Gasteiger partial charge in [0.1, 0.15) is 0 Å².